The average molecular weight is 219 g/mol. The van der Waals surface area contributed by atoms with Crippen LogP contribution in [-0.4, -0.2) is 13.2 Å². The van der Waals surface area contributed by atoms with Crippen molar-refractivity contribution in [1.82, 2.24) is 0 Å². The SMILES string of the molecule is CCC1CCCC1Nc1ccc(OC)cc1. The molecule has 2 nitrogen and oxygen atoms in total. The van der Waals surface area contributed by atoms with Crippen LogP contribution in [-0.2, 0) is 0 Å². The van der Waals surface area contributed by atoms with Crippen molar-refractivity contribution >= 4 is 5.69 Å². The Morgan fingerprint density at radius 3 is 2.62 bits per heavy atom. The van der Waals surface area contributed by atoms with Crippen LogP contribution in [0.1, 0.15) is 32.6 Å². The van der Waals surface area contributed by atoms with E-state index in [1.807, 2.05) is 12.1 Å². The van der Waals surface area contributed by atoms with Gasteiger partial charge in [0.1, 0.15) is 5.75 Å². The van der Waals surface area contributed by atoms with Gasteiger partial charge in [0.25, 0.3) is 0 Å². The Morgan fingerprint density at radius 2 is 2.00 bits per heavy atom. The third-order valence-electron chi connectivity index (χ3n) is 3.63. The molecule has 2 atom stereocenters. The van der Waals surface area contributed by atoms with Crippen molar-refractivity contribution in [3.05, 3.63) is 24.3 Å². The summed E-state index contributed by atoms with van der Waals surface area (Å²) in [5.74, 6) is 1.77. The number of ether oxygens (including phenoxy) is 1. The van der Waals surface area contributed by atoms with Crippen molar-refractivity contribution in [3.63, 3.8) is 0 Å². The molecule has 2 heteroatoms. The lowest BCUT2D eigenvalue weighted by Crippen LogP contribution is -2.23. The molecule has 1 saturated carbocycles. The summed E-state index contributed by atoms with van der Waals surface area (Å²) >= 11 is 0. The van der Waals surface area contributed by atoms with Crippen molar-refractivity contribution in [2.24, 2.45) is 5.92 Å². The molecule has 0 bridgehead atoms. The van der Waals surface area contributed by atoms with E-state index in [1.165, 1.54) is 31.4 Å². The van der Waals surface area contributed by atoms with Gasteiger partial charge in [-0.3, -0.25) is 0 Å². The minimum absolute atomic E-state index is 0.665. The molecule has 16 heavy (non-hydrogen) atoms. The van der Waals surface area contributed by atoms with E-state index in [9.17, 15) is 0 Å². The minimum Gasteiger partial charge on any atom is -0.497 e. The maximum absolute atomic E-state index is 5.15. The van der Waals surface area contributed by atoms with Gasteiger partial charge in [0, 0.05) is 11.7 Å². The van der Waals surface area contributed by atoms with Crippen LogP contribution in [0.15, 0.2) is 24.3 Å². The molecule has 0 amide bonds. The Kier molecular flexibility index (Phi) is 3.70. The average Bonchev–Trinajstić information content (AvgIpc) is 2.77. The van der Waals surface area contributed by atoms with Crippen LogP contribution >= 0.6 is 0 Å². The van der Waals surface area contributed by atoms with Gasteiger partial charge in [-0.1, -0.05) is 19.8 Å². The first-order valence-electron chi connectivity index (χ1n) is 6.24. The highest BCUT2D eigenvalue weighted by Crippen LogP contribution is 2.30. The lowest BCUT2D eigenvalue weighted by atomic mass is 10.0. The molecule has 1 aliphatic rings. The van der Waals surface area contributed by atoms with Gasteiger partial charge in [-0.25, -0.2) is 0 Å². The minimum atomic E-state index is 0.665. The zero-order valence-corrected chi connectivity index (χ0v) is 10.2. The quantitative estimate of drug-likeness (QED) is 0.834. The van der Waals surface area contributed by atoms with Crippen molar-refractivity contribution < 1.29 is 4.74 Å². The van der Waals surface area contributed by atoms with Gasteiger partial charge in [0.05, 0.1) is 7.11 Å². The third-order valence-corrected chi connectivity index (χ3v) is 3.63. The summed E-state index contributed by atoms with van der Waals surface area (Å²) in [6.45, 7) is 2.29. The van der Waals surface area contributed by atoms with Gasteiger partial charge in [0.15, 0.2) is 0 Å². The van der Waals surface area contributed by atoms with Gasteiger partial charge in [-0.15, -0.1) is 0 Å². The fourth-order valence-corrected chi connectivity index (χ4v) is 2.62. The van der Waals surface area contributed by atoms with Crippen molar-refractivity contribution in [1.29, 1.82) is 0 Å². The van der Waals surface area contributed by atoms with Crippen LogP contribution in [0.25, 0.3) is 0 Å². The van der Waals surface area contributed by atoms with Crippen LogP contribution in [0.2, 0.25) is 0 Å². The van der Waals surface area contributed by atoms with Gasteiger partial charge in [-0.2, -0.15) is 0 Å². The Bertz CT molecular complexity index is 320. The molecule has 0 heterocycles. The van der Waals surface area contributed by atoms with Crippen molar-refractivity contribution in [2.45, 2.75) is 38.6 Å². The zero-order valence-electron chi connectivity index (χ0n) is 10.2. The highest BCUT2D eigenvalue weighted by Gasteiger charge is 2.25. The molecule has 1 aromatic rings. The number of hydrogen-bond acceptors (Lipinski definition) is 2. The summed E-state index contributed by atoms with van der Waals surface area (Å²) in [5, 5.41) is 3.64. The molecule has 88 valence electrons. The second-order valence-electron chi connectivity index (χ2n) is 4.58. The van der Waals surface area contributed by atoms with E-state index >= 15 is 0 Å². The number of hydrogen-bond donors (Lipinski definition) is 1. The van der Waals surface area contributed by atoms with Gasteiger partial charge >= 0.3 is 0 Å². The Morgan fingerprint density at radius 1 is 1.25 bits per heavy atom. The number of nitrogens with one attached hydrogen (secondary N) is 1. The van der Waals surface area contributed by atoms with E-state index in [0.29, 0.717) is 6.04 Å². The predicted molar refractivity (Wildman–Crippen MR) is 68.0 cm³/mol. The van der Waals surface area contributed by atoms with E-state index in [2.05, 4.69) is 24.4 Å². The lowest BCUT2D eigenvalue weighted by Gasteiger charge is -2.20. The summed E-state index contributed by atoms with van der Waals surface area (Å²) in [6, 6.07) is 8.89. The molecule has 1 aliphatic carbocycles. The van der Waals surface area contributed by atoms with E-state index in [-0.39, 0.29) is 0 Å². The summed E-state index contributed by atoms with van der Waals surface area (Å²) in [5.41, 5.74) is 1.21. The number of methoxy groups -OCH3 is 1. The van der Waals surface area contributed by atoms with E-state index in [4.69, 9.17) is 4.74 Å². The summed E-state index contributed by atoms with van der Waals surface area (Å²) < 4.78 is 5.15. The molecule has 0 spiro atoms. The van der Waals surface area contributed by atoms with Crippen LogP contribution in [0.5, 0.6) is 5.75 Å². The van der Waals surface area contributed by atoms with E-state index < -0.39 is 0 Å². The van der Waals surface area contributed by atoms with Crippen molar-refractivity contribution in [3.8, 4) is 5.75 Å². The third kappa shape index (κ3) is 2.49. The van der Waals surface area contributed by atoms with Gasteiger partial charge < -0.3 is 10.1 Å². The highest BCUT2D eigenvalue weighted by molar-refractivity contribution is 5.47. The molecule has 0 saturated heterocycles. The smallest absolute Gasteiger partial charge is 0.119 e. The van der Waals surface area contributed by atoms with Crippen LogP contribution in [0, 0.1) is 5.92 Å². The number of benzene rings is 1. The largest absolute Gasteiger partial charge is 0.497 e. The summed E-state index contributed by atoms with van der Waals surface area (Å²) in [6.07, 6.45) is 5.34. The predicted octanol–water partition coefficient (Wildman–Crippen LogP) is 3.69. The van der Waals surface area contributed by atoms with Crippen molar-refractivity contribution in [2.75, 3.05) is 12.4 Å². The highest BCUT2D eigenvalue weighted by atomic mass is 16.5. The number of rotatable bonds is 4. The second-order valence-corrected chi connectivity index (χ2v) is 4.58. The van der Waals surface area contributed by atoms with Gasteiger partial charge in [-0.05, 0) is 43.0 Å². The fourth-order valence-electron chi connectivity index (χ4n) is 2.62. The van der Waals surface area contributed by atoms with Gasteiger partial charge in [0.2, 0.25) is 0 Å². The molecule has 0 aromatic heterocycles. The molecule has 0 aliphatic heterocycles. The first kappa shape index (κ1) is 11.3. The second kappa shape index (κ2) is 5.24. The molecule has 2 unspecified atom stereocenters. The zero-order chi connectivity index (χ0) is 11.4. The molecule has 0 radical (unpaired) electrons. The topological polar surface area (TPSA) is 21.3 Å². The first-order valence-corrected chi connectivity index (χ1v) is 6.24. The first-order chi connectivity index (χ1) is 7.83. The molecule has 1 N–H and O–H groups in total. The van der Waals surface area contributed by atoms with E-state index in [1.54, 1.807) is 7.11 Å². The lowest BCUT2D eigenvalue weighted by molar-refractivity contribution is 0.415. The van der Waals surface area contributed by atoms with Crippen LogP contribution in [0.3, 0.4) is 0 Å². The molecule has 2 rings (SSSR count). The standard InChI is InChI=1S/C14H21NO/c1-3-11-5-4-6-14(11)15-12-7-9-13(16-2)10-8-12/h7-11,14-15H,3-6H2,1-2H3. The normalized spacial score (nSPS) is 24.4. The fraction of sp³-hybridized carbons (Fsp3) is 0.571. The van der Waals surface area contributed by atoms with E-state index in [0.717, 1.165) is 11.7 Å². The molecule has 1 fully saturated rings. The Balaban J connectivity index is 1.97. The number of anilines is 1. The van der Waals surface area contributed by atoms with Crippen LogP contribution in [0.4, 0.5) is 5.69 Å². The Labute approximate surface area is 98.0 Å². The summed E-state index contributed by atoms with van der Waals surface area (Å²) in [4.78, 5) is 0. The Hall–Kier alpha value is -1.18. The maximum atomic E-state index is 5.15. The maximum Gasteiger partial charge on any atom is 0.119 e. The van der Waals surface area contributed by atoms with Crippen LogP contribution < -0.4 is 10.1 Å². The molecular formula is C14H21NO. The summed E-state index contributed by atoms with van der Waals surface area (Å²) in [7, 11) is 1.70. The molecule has 1 aromatic carbocycles. The molecular weight excluding hydrogens is 198 g/mol. The monoisotopic (exact) mass is 219 g/mol.